The summed E-state index contributed by atoms with van der Waals surface area (Å²) in [4.78, 5) is 23.9. The predicted octanol–water partition coefficient (Wildman–Crippen LogP) is 3.73. The number of benzene rings is 2. The van der Waals surface area contributed by atoms with E-state index in [9.17, 15) is 14.7 Å². The van der Waals surface area contributed by atoms with Gasteiger partial charge in [0.05, 0.1) is 5.69 Å². The number of halogens is 1. The summed E-state index contributed by atoms with van der Waals surface area (Å²) in [6.45, 7) is 3.92. The highest BCUT2D eigenvalue weighted by Gasteiger charge is 2.26. The van der Waals surface area contributed by atoms with Crippen LogP contribution >= 0.6 is 11.6 Å². The van der Waals surface area contributed by atoms with E-state index in [0.717, 1.165) is 5.56 Å². The van der Waals surface area contributed by atoms with Crippen LogP contribution in [0, 0.1) is 5.92 Å². The Morgan fingerprint density at radius 1 is 1.22 bits per heavy atom. The average molecular weight is 391 g/mol. The summed E-state index contributed by atoms with van der Waals surface area (Å²) >= 11 is 5.86. The molecule has 0 aromatic heterocycles. The molecule has 0 radical (unpaired) electrons. The van der Waals surface area contributed by atoms with Crippen molar-refractivity contribution >= 4 is 29.2 Å². The summed E-state index contributed by atoms with van der Waals surface area (Å²) in [6, 6.07) is 10.8. The minimum atomic E-state index is -1.06. The highest BCUT2D eigenvalue weighted by atomic mass is 35.5. The second-order valence-corrected chi connectivity index (χ2v) is 6.78. The average Bonchev–Trinajstić information content (AvgIpc) is 2.65. The smallest absolute Gasteiger partial charge is 0.326 e. The Bertz CT molecular complexity index is 808. The number of nitrogens with one attached hydrogen (secondary N) is 1. The molecule has 2 aromatic rings. The Labute approximate surface area is 163 Å². The molecule has 27 heavy (non-hydrogen) atoms. The van der Waals surface area contributed by atoms with Crippen LogP contribution in [-0.2, 0) is 11.4 Å². The summed E-state index contributed by atoms with van der Waals surface area (Å²) in [7, 11) is 0. The van der Waals surface area contributed by atoms with Gasteiger partial charge in [0, 0.05) is 10.6 Å². The maximum absolute atomic E-state index is 12.5. The van der Waals surface area contributed by atoms with Crippen molar-refractivity contribution in [2.75, 3.05) is 5.73 Å². The molecule has 4 N–H and O–H groups in total. The van der Waals surface area contributed by atoms with Gasteiger partial charge in [-0.1, -0.05) is 44.0 Å². The minimum Gasteiger partial charge on any atom is -0.487 e. The quantitative estimate of drug-likeness (QED) is 0.596. The third kappa shape index (κ3) is 5.62. The molecule has 0 saturated carbocycles. The Balaban J connectivity index is 2.11. The summed E-state index contributed by atoms with van der Waals surface area (Å²) in [5, 5.41) is 12.5. The zero-order valence-corrected chi connectivity index (χ0v) is 16.0. The standard InChI is InChI=1S/C20H23ClN2O4/c1-3-12(2)18(20(25)26)23-19(24)14-6-9-16(22)17(10-14)27-11-13-4-7-15(21)8-5-13/h4-10,12,18H,3,11,22H2,1-2H3,(H,23,24)(H,25,26)/t12-,18-/m0/s1. The number of aliphatic carboxylic acids is 1. The van der Waals surface area contributed by atoms with Gasteiger partial charge in [0.2, 0.25) is 0 Å². The van der Waals surface area contributed by atoms with E-state index in [1.807, 2.05) is 19.1 Å². The monoisotopic (exact) mass is 390 g/mol. The highest BCUT2D eigenvalue weighted by Crippen LogP contribution is 2.24. The van der Waals surface area contributed by atoms with E-state index in [0.29, 0.717) is 22.9 Å². The number of nitrogens with two attached hydrogens (primary N) is 1. The van der Waals surface area contributed by atoms with Gasteiger partial charge in [0.15, 0.2) is 0 Å². The second kappa shape index (κ2) is 9.28. The van der Waals surface area contributed by atoms with E-state index in [2.05, 4.69) is 5.32 Å². The fourth-order valence-corrected chi connectivity index (χ4v) is 2.58. The SMILES string of the molecule is CC[C@H](C)[C@H](NC(=O)c1ccc(N)c(OCc2ccc(Cl)cc2)c1)C(=O)O. The number of carboxylic acid groups (broad SMARTS) is 1. The van der Waals surface area contributed by atoms with Gasteiger partial charge in [-0.05, 0) is 41.8 Å². The van der Waals surface area contributed by atoms with E-state index in [4.69, 9.17) is 22.1 Å². The van der Waals surface area contributed by atoms with Crippen molar-refractivity contribution < 1.29 is 19.4 Å². The van der Waals surface area contributed by atoms with Gasteiger partial charge in [0.25, 0.3) is 5.91 Å². The van der Waals surface area contributed by atoms with Gasteiger partial charge < -0.3 is 20.9 Å². The number of hydrogen-bond donors (Lipinski definition) is 3. The molecule has 0 aliphatic carbocycles. The van der Waals surface area contributed by atoms with Crippen molar-refractivity contribution in [1.82, 2.24) is 5.32 Å². The van der Waals surface area contributed by atoms with E-state index >= 15 is 0 Å². The lowest BCUT2D eigenvalue weighted by molar-refractivity contribution is -0.140. The fourth-order valence-electron chi connectivity index (χ4n) is 2.45. The molecule has 0 heterocycles. The largest absolute Gasteiger partial charge is 0.487 e. The van der Waals surface area contributed by atoms with Crippen LogP contribution in [0.1, 0.15) is 36.2 Å². The number of carboxylic acids is 1. The summed E-state index contributed by atoms with van der Waals surface area (Å²) < 4.78 is 5.71. The second-order valence-electron chi connectivity index (χ2n) is 6.34. The number of amides is 1. The molecule has 0 aliphatic heterocycles. The molecule has 1 amide bonds. The molecule has 144 valence electrons. The zero-order chi connectivity index (χ0) is 20.0. The van der Waals surface area contributed by atoms with E-state index in [1.54, 1.807) is 25.1 Å². The van der Waals surface area contributed by atoms with Crippen LogP contribution in [0.5, 0.6) is 5.75 Å². The third-order valence-corrected chi connectivity index (χ3v) is 4.60. The Hall–Kier alpha value is -2.73. The van der Waals surface area contributed by atoms with Crippen molar-refractivity contribution in [2.24, 2.45) is 5.92 Å². The number of rotatable bonds is 8. The lowest BCUT2D eigenvalue weighted by Crippen LogP contribution is -2.45. The van der Waals surface area contributed by atoms with Crippen molar-refractivity contribution in [1.29, 1.82) is 0 Å². The first-order valence-electron chi connectivity index (χ1n) is 8.62. The van der Waals surface area contributed by atoms with Crippen LogP contribution in [0.25, 0.3) is 0 Å². The topological polar surface area (TPSA) is 102 Å². The van der Waals surface area contributed by atoms with Crippen molar-refractivity contribution in [2.45, 2.75) is 32.9 Å². The van der Waals surface area contributed by atoms with Crippen LogP contribution in [0.3, 0.4) is 0 Å². The molecule has 6 nitrogen and oxygen atoms in total. The van der Waals surface area contributed by atoms with Crippen LogP contribution in [0.2, 0.25) is 5.02 Å². The molecule has 0 spiro atoms. The molecule has 0 fully saturated rings. The van der Waals surface area contributed by atoms with E-state index < -0.39 is 17.9 Å². The zero-order valence-electron chi connectivity index (χ0n) is 15.2. The molecule has 0 unspecified atom stereocenters. The van der Waals surface area contributed by atoms with Crippen LogP contribution in [0.4, 0.5) is 5.69 Å². The molecule has 7 heteroatoms. The normalized spacial score (nSPS) is 12.9. The summed E-state index contributed by atoms with van der Waals surface area (Å²) in [6.07, 6.45) is 0.633. The molecule has 0 aliphatic rings. The third-order valence-electron chi connectivity index (χ3n) is 4.35. The van der Waals surface area contributed by atoms with Gasteiger partial charge >= 0.3 is 5.97 Å². The number of anilines is 1. The summed E-state index contributed by atoms with van der Waals surface area (Å²) in [5.74, 6) is -1.39. The lowest BCUT2D eigenvalue weighted by atomic mass is 9.99. The Morgan fingerprint density at radius 3 is 2.48 bits per heavy atom. The molecular weight excluding hydrogens is 368 g/mol. The van der Waals surface area contributed by atoms with Gasteiger partial charge in [-0.25, -0.2) is 4.79 Å². The van der Waals surface area contributed by atoms with Crippen LogP contribution < -0.4 is 15.8 Å². The summed E-state index contributed by atoms with van der Waals surface area (Å²) in [5.41, 5.74) is 7.49. The first kappa shape index (κ1) is 20.6. The van der Waals surface area contributed by atoms with Gasteiger partial charge in [-0.3, -0.25) is 4.79 Å². The molecule has 2 aromatic carbocycles. The molecule has 2 atom stereocenters. The number of nitrogen functional groups attached to an aromatic ring is 1. The fraction of sp³-hybridized carbons (Fsp3) is 0.300. The number of carbonyl (C=O) groups is 2. The Morgan fingerprint density at radius 2 is 1.89 bits per heavy atom. The van der Waals surface area contributed by atoms with Gasteiger partial charge in [-0.15, -0.1) is 0 Å². The first-order chi connectivity index (χ1) is 12.8. The number of hydrogen-bond acceptors (Lipinski definition) is 4. The van der Waals surface area contributed by atoms with Gasteiger partial charge in [-0.2, -0.15) is 0 Å². The molecule has 0 saturated heterocycles. The van der Waals surface area contributed by atoms with E-state index in [1.165, 1.54) is 12.1 Å². The number of ether oxygens (including phenoxy) is 1. The molecule has 2 rings (SSSR count). The van der Waals surface area contributed by atoms with Crippen LogP contribution in [-0.4, -0.2) is 23.0 Å². The van der Waals surface area contributed by atoms with Crippen LogP contribution in [0.15, 0.2) is 42.5 Å². The van der Waals surface area contributed by atoms with E-state index in [-0.39, 0.29) is 18.1 Å². The van der Waals surface area contributed by atoms with Crippen molar-refractivity contribution in [3.63, 3.8) is 0 Å². The number of carbonyl (C=O) groups excluding carboxylic acids is 1. The predicted molar refractivity (Wildman–Crippen MR) is 105 cm³/mol. The maximum atomic E-state index is 12.5. The van der Waals surface area contributed by atoms with Gasteiger partial charge in [0.1, 0.15) is 18.4 Å². The molecular formula is C20H23ClN2O4. The Kier molecular flexibility index (Phi) is 7.07. The van der Waals surface area contributed by atoms with Crippen molar-refractivity contribution in [3.05, 3.63) is 58.6 Å². The maximum Gasteiger partial charge on any atom is 0.326 e. The lowest BCUT2D eigenvalue weighted by Gasteiger charge is -2.20. The molecule has 0 bridgehead atoms. The highest BCUT2D eigenvalue weighted by molar-refractivity contribution is 6.30. The van der Waals surface area contributed by atoms with Crippen molar-refractivity contribution in [3.8, 4) is 5.75 Å². The first-order valence-corrected chi connectivity index (χ1v) is 9.00. The minimum absolute atomic E-state index is 0.194.